The lowest BCUT2D eigenvalue weighted by atomic mass is 10.2. The number of likely N-dealkylation sites (N-methyl/N-ethyl adjacent to an activating group) is 1. The Bertz CT molecular complexity index is 874. The van der Waals surface area contributed by atoms with E-state index in [0.717, 1.165) is 18.2 Å². The number of carbonyl (C=O) groups excluding carboxylic acids is 2. The van der Waals surface area contributed by atoms with Crippen LogP contribution < -0.4 is 10.6 Å². The average Bonchev–Trinajstić information content (AvgIpc) is 2.55. The summed E-state index contributed by atoms with van der Waals surface area (Å²) in [5, 5.41) is 4.32. The maximum Gasteiger partial charge on any atom is 0.417 e. The molecule has 2 aromatic rings. The van der Waals surface area contributed by atoms with Gasteiger partial charge in [0, 0.05) is 11.4 Å². The van der Waals surface area contributed by atoms with Crippen LogP contribution in [0.3, 0.4) is 0 Å². The van der Waals surface area contributed by atoms with E-state index in [2.05, 4.69) is 10.6 Å². The van der Waals surface area contributed by atoms with Gasteiger partial charge in [-0.1, -0.05) is 17.7 Å². The summed E-state index contributed by atoms with van der Waals surface area (Å²) in [4.78, 5) is 25.3. The molecule has 0 radical (unpaired) electrons. The Hall–Kier alpha value is -2.65. The number of hydrogen-bond donors (Lipinski definition) is 2. The van der Waals surface area contributed by atoms with Crippen LogP contribution in [0.15, 0.2) is 42.5 Å². The van der Waals surface area contributed by atoms with Gasteiger partial charge in [-0.3, -0.25) is 14.5 Å². The van der Waals surface area contributed by atoms with Gasteiger partial charge in [0.05, 0.1) is 23.7 Å². The van der Waals surface area contributed by atoms with Gasteiger partial charge in [0.15, 0.2) is 0 Å². The van der Waals surface area contributed by atoms with Gasteiger partial charge in [-0.25, -0.2) is 4.39 Å². The van der Waals surface area contributed by atoms with Crippen LogP contribution in [0.2, 0.25) is 5.02 Å². The number of nitrogens with zero attached hydrogens (tertiary/aromatic N) is 1. The lowest BCUT2D eigenvalue weighted by Gasteiger charge is -2.17. The number of benzene rings is 2. The Kier molecular flexibility index (Phi) is 6.98. The van der Waals surface area contributed by atoms with Crippen molar-refractivity contribution < 1.29 is 27.2 Å². The molecule has 2 rings (SSSR count). The Morgan fingerprint density at radius 2 is 1.57 bits per heavy atom. The fourth-order valence-corrected chi connectivity index (χ4v) is 2.56. The maximum absolute atomic E-state index is 13.1. The molecular formula is C18H16ClF4N3O2. The molecule has 2 amide bonds. The van der Waals surface area contributed by atoms with Crippen LogP contribution in [0.1, 0.15) is 5.56 Å². The van der Waals surface area contributed by atoms with Crippen molar-refractivity contribution in [2.45, 2.75) is 6.18 Å². The van der Waals surface area contributed by atoms with E-state index in [9.17, 15) is 27.2 Å². The molecule has 0 bridgehead atoms. The number of anilines is 2. The molecule has 0 unspecified atom stereocenters. The molecule has 0 spiro atoms. The van der Waals surface area contributed by atoms with Crippen LogP contribution in [0, 0.1) is 5.82 Å². The molecule has 28 heavy (non-hydrogen) atoms. The molecule has 0 aliphatic carbocycles. The molecule has 0 aromatic heterocycles. The van der Waals surface area contributed by atoms with Crippen LogP contribution in [0.5, 0.6) is 0 Å². The smallest absolute Gasteiger partial charge is 0.325 e. The molecule has 0 saturated heterocycles. The van der Waals surface area contributed by atoms with E-state index >= 15 is 0 Å². The summed E-state index contributed by atoms with van der Waals surface area (Å²) in [7, 11) is 1.48. The summed E-state index contributed by atoms with van der Waals surface area (Å²) < 4.78 is 51.6. The highest BCUT2D eigenvalue weighted by Gasteiger charge is 2.33. The molecule has 150 valence electrons. The Morgan fingerprint density at radius 1 is 1.00 bits per heavy atom. The first-order valence-corrected chi connectivity index (χ1v) is 8.33. The molecule has 0 saturated carbocycles. The fraction of sp³-hybridized carbons (Fsp3) is 0.222. The highest BCUT2D eigenvalue weighted by Crippen LogP contribution is 2.36. The van der Waals surface area contributed by atoms with E-state index < -0.39 is 34.4 Å². The highest BCUT2D eigenvalue weighted by molar-refractivity contribution is 6.31. The molecule has 2 aromatic carbocycles. The molecule has 0 aliphatic rings. The predicted molar refractivity (Wildman–Crippen MR) is 97.6 cm³/mol. The van der Waals surface area contributed by atoms with Gasteiger partial charge in [-0.2, -0.15) is 13.2 Å². The zero-order chi connectivity index (χ0) is 20.9. The van der Waals surface area contributed by atoms with E-state index in [1.54, 1.807) is 0 Å². The number of rotatable bonds is 6. The van der Waals surface area contributed by atoms with Crippen molar-refractivity contribution in [3.8, 4) is 0 Å². The fourth-order valence-electron chi connectivity index (χ4n) is 2.33. The second-order valence-corrected chi connectivity index (χ2v) is 6.38. The van der Waals surface area contributed by atoms with Crippen molar-refractivity contribution in [2.24, 2.45) is 0 Å². The van der Waals surface area contributed by atoms with Crippen LogP contribution in [0.25, 0.3) is 0 Å². The third-order valence-electron chi connectivity index (χ3n) is 3.49. The van der Waals surface area contributed by atoms with Gasteiger partial charge in [0.1, 0.15) is 5.82 Å². The predicted octanol–water partition coefficient (Wildman–Crippen LogP) is 4.01. The second-order valence-electron chi connectivity index (χ2n) is 5.97. The van der Waals surface area contributed by atoms with Crippen molar-refractivity contribution >= 4 is 34.8 Å². The van der Waals surface area contributed by atoms with Crippen molar-refractivity contribution in [3.05, 3.63) is 58.9 Å². The van der Waals surface area contributed by atoms with Gasteiger partial charge in [0.2, 0.25) is 11.8 Å². The van der Waals surface area contributed by atoms with Crippen LogP contribution in [-0.4, -0.2) is 36.9 Å². The summed E-state index contributed by atoms with van der Waals surface area (Å²) in [5.41, 5.74) is -0.863. The summed E-state index contributed by atoms with van der Waals surface area (Å²) in [5.74, 6) is -1.60. The first-order chi connectivity index (χ1) is 13.0. The molecule has 0 aliphatic heterocycles. The minimum Gasteiger partial charge on any atom is -0.325 e. The van der Waals surface area contributed by atoms with Gasteiger partial charge in [-0.15, -0.1) is 0 Å². The molecule has 0 heterocycles. The average molecular weight is 418 g/mol. The van der Waals surface area contributed by atoms with E-state index in [0.29, 0.717) is 0 Å². The van der Waals surface area contributed by atoms with E-state index in [4.69, 9.17) is 11.6 Å². The SMILES string of the molecule is CN(CC(=O)Nc1cccc(F)c1)CC(=O)Nc1ccc(Cl)c(C(F)(F)F)c1. The van der Waals surface area contributed by atoms with Crippen molar-refractivity contribution in [1.82, 2.24) is 4.90 Å². The Balaban J connectivity index is 1.89. The van der Waals surface area contributed by atoms with E-state index in [1.165, 1.54) is 36.2 Å². The maximum atomic E-state index is 13.1. The topological polar surface area (TPSA) is 61.4 Å². The normalized spacial score (nSPS) is 11.4. The second kappa shape index (κ2) is 9.03. The van der Waals surface area contributed by atoms with Crippen molar-refractivity contribution in [3.63, 3.8) is 0 Å². The summed E-state index contributed by atoms with van der Waals surface area (Å²) in [6, 6.07) is 8.32. The zero-order valence-corrected chi connectivity index (χ0v) is 15.4. The monoisotopic (exact) mass is 417 g/mol. The first-order valence-electron chi connectivity index (χ1n) is 7.95. The molecule has 10 heteroatoms. The van der Waals surface area contributed by atoms with Crippen LogP contribution >= 0.6 is 11.6 Å². The molecular weight excluding hydrogens is 402 g/mol. The lowest BCUT2D eigenvalue weighted by Crippen LogP contribution is -2.36. The quantitative estimate of drug-likeness (QED) is 0.698. The van der Waals surface area contributed by atoms with Gasteiger partial charge < -0.3 is 10.6 Å². The third kappa shape index (κ3) is 6.50. The van der Waals surface area contributed by atoms with E-state index in [1.807, 2.05) is 0 Å². The molecule has 0 fully saturated rings. The number of halogens is 5. The largest absolute Gasteiger partial charge is 0.417 e. The van der Waals surface area contributed by atoms with Gasteiger partial charge >= 0.3 is 6.18 Å². The van der Waals surface area contributed by atoms with E-state index in [-0.39, 0.29) is 24.5 Å². The molecule has 5 nitrogen and oxygen atoms in total. The van der Waals surface area contributed by atoms with Gasteiger partial charge in [0.25, 0.3) is 0 Å². The number of carbonyl (C=O) groups is 2. The first kappa shape index (κ1) is 21.6. The number of hydrogen-bond acceptors (Lipinski definition) is 3. The molecule has 2 N–H and O–H groups in total. The summed E-state index contributed by atoms with van der Waals surface area (Å²) in [6.45, 7) is -0.432. The van der Waals surface area contributed by atoms with Crippen molar-refractivity contribution in [2.75, 3.05) is 30.8 Å². The Labute approximate surface area is 163 Å². The zero-order valence-electron chi connectivity index (χ0n) is 14.6. The highest BCUT2D eigenvalue weighted by atomic mass is 35.5. The molecule has 0 atom stereocenters. The number of alkyl halides is 3. The van der Waals surface area contributed by atoms with Crippen LogP contribution in [0.4, 0.5) is 28.9 Å². The third-order valence-corrected chi connectivity index (χ3v) is 3.82. The summed E-state index contributed by atoms with van der Waals surface area (Å²) in [6.07, 6.45) is -4.65. The van der Waals surface area contributed by atoms with Gasteiger partial charge in [-0.05, 0) is 43.4 Å². The van der Waals surface area contributed by atoms with Crippen LogP contribution in [-0.2, 0) is 15.8 Å². The standard InChI is InChI=1S/C18H16ClF4N3O2/c1-26(9-16(27)24-12-4-2-3-11(20)7-12)10-17(28)25-13-5-6-15(19)14(8-13)18(21,22)23/h2-8H,9-10H2,1H3,(H,24,27)(H,25,28). The lowest BCUT2D eigenvalue weighted by molar-refractivity contribution is -0.137. The number of amides is 2. The number of nitrogens with one attached hydrogen (secondary N) is 2. The minimum atomic E-state index is -4.65. The summed E-state index contributed by atoms with van der Waals surface area (Å²) >= 11 is 5.53. The van der Waals surface area contributed by atoms with Crippen molar-refractivity contribution in [1.29, 1.82) is 0 Å². The Morgan fingerprint density at radius 3 is 2.11 bits per heavy atom. The minimum absolute atomic E-state index is 0.0701.